The van der Waals surface area contributed by atoms with Crippen LogP contribution in [0.2, 0.25) is 0 Å². The van der Waals surface area contributed by atoms with Crippen LogP contribution >= 0.6 is 0 Å². The fraction of sp³-hybridized carbons (Fsp3) is 0.706. The standard InChI is InChI=1S/C17H30N4/c1-5-7-20-8-10-21(11-9-20)17-16(13-18-6-2)14(3)12-15(4)19-17/h12,18H,5-11,13H2,1-4H3. The summed E-state index contributed by atoms with van der Waals surface area (Å²) in [6, 6.07) is 2.20. The van der Waals surface area contributed by atoms with Gasteiger partial charge in [0.15, 0.2) is 0 Å². The summed E-state index contributed by atoms with van der Waals surface area (Å²) in [6.45, 7) is 16.3. The van der Waals surface area contributed by atoms with Gasteiger partial charge in [-0.2, -0.15) is 0 Å². The number of nitrogens with zero attached hydrogens (tertiary/aromatic N) is 3. The molecule has 4 heteroatoms. The minimum Gasteiger partial charge on any atom is -0.354 e. The molecule has 1 aromatic rings. The number of pyridine rings is 1. The molecule has 0 unspecified atom stereocenters. The Morgan fingerprint density at radius 2 is 1.86 bits per heavy atom. The smallest absolute Gasteiger partial charge is 0.133 e. The Morgan fingerprint density at radius 1 is 1.14 bits per heavy atom. The van der Waals surface area contributed by atoms with E-state index >= 15 is 0 Å². The van der Waals surface area contributed by atoms with E-state index in [1.165, 1.54) is 29.9 Å². The van der Waals surface area contributed by atoms with Crippen molar-refractivity contribution in [3.8, 4) is 0 Å². The maximum Gasteiger partial charge on any atom is 0.133 e. The fourth-order valence-electron chi connectivity index (χ4n) is 3.07. The van der Waals surface area contributed by atoms with Crippen molar-refractivity contribution in [3.63, 3.8) is 0 Å². The first-order valence-corrected chi connectivity index (χ1v) is 8.30. The summed E-state index contributed by atoms with van der Waals surface area (Å²) in [6.07, 6.45) is 1.24. The van der Waals surface area contributed by atoms with Crippen LogP contribution in [0.4, 0.5) is 5.82 Å². The summed E-state index contributed by atoms with van der Waals surface area (Å²) >= 11 is 0. The SMILES string of the molecule is CCCN1CCN(c2nc(C)cc(C)c2CNCC)CC1. The number of aromatic nitrogens is 1. The number of rotatable bonds is 6. The van der Waals surface area contributed by atoms with Gasteiger partial charge in [0, 0.05) is 44.0 Å². The zero-order chi connectivity index (χ0) is 15.2. The van der Waals surface area contributed by atoms with E-state index in [1.807, 2.05) is 0 Å². The maximum absolute atomic E-state index is 4.85. The molecule has 0 spiro atoms. The Labute approximate surface area is 129 Å². The molecule has 0 radical (unpaired) electrons. The summed E-state index contributed by atoms with van der Waals surface area (Å²) in [5.74, 6) is 1.20. The molecule has 1 fully saturated rings. The molecule has 0 bridgehead atoms. The van der Waals surface area contributed by atoms with Gasteiger partial charge in [0.05, 0.1) is 0 Å². The first-order valence-electron chi connectivity index (χ1n) is 8.30. The summed E-state index contributed by atoms with van der Waals surface area (Å²) in [4.78, 5) is 9.88. The lowest BCUT2D eigenvalue weighted by molar-refractivity contribution is 0.257. The molecule has 0 aromatic carbocycles. The molecule has 118 valence electrons. The molecule has 1 saturated heterocycles. The second-order valence-corrected chi connectivity index (χ2v) is 5.99. The highest BCUT2D eigenvalue weighted by Gasteiger charge is 2.20. The van der Waals surface area contributed by atoms with E-state index in [-0.39, 0.29) is 0 Å². The average Bonchev–Trinajstić information content (AvgIpc) is 2.47. The first-order chi connectivity index (χ1) is 10.2. The van der Waals surface area contributed by atoms with E-state index in [0.717, 1.165) is 45.0 Å². The third-order valence-electron chi connectivity index (χ3n) is 4.22. The lowest BCUT2D eigenvalue weighted by Gasteiger charge is -2.36. The quantitative estimate of drug-likeness (QED) is 0.871. The minimum absolute atomic E-state index is 0.917. The predicted molar refractivity (Wildman–Crippen MR) is 90.0 cm³/mol. The molecule has 2 heterocycles. The molecule has 1 aliphatic rings. The molecule has 1 N–H and O–H groups in total. The van der Waals surface area contributed by atoms with Gasteiger partial charge in [-0.05, 0) is 45.0 Å². The van der Waals surface area contributed by atoms with Gasteiger partial charge < -0.3 is 10.2 Å². The Morgan fingerprint density at radius 3 is 2.48 bits per heavy atom. The van der Waals surface area contributed by atoms with Crippen LogP contribution in [0.3, 0.4) is 0 Å². The Balaban J connectivity index is 2.15. The van der Waals surface area contributed by atoms with Crippen LogP contribution in [0.25, 0.3) is 0 Å². The van der Waals surface area contributed by atoms with Gasteiger partial charge in [-0.1, -0.05) is 13.8 Å². The second-order valence-electron chi connectivity index (χ2n) is 5.99. The normalized spacial score (nSPS) is 16.5. The van der Waals surface area contributed by atoms with Crippen molar-refractivity contribution in [1.29, 1.82) is 0 Å². The molecule has 2 rings (SSSR count). The van der Waals surface area contributed by atoms with Gasteiger partial charge in [-0.15, -0.1) is 0 Å². The van der Waals surface area contributed by atoms with Gasteiger partial charge in [-0.25, -0.2) is 4.98 Å². The van der Waals surface area contributed by atoms with Crippen molar-refractivity contribution in [2.45, 2.75) is 40.7 Å². The van der Waals surface area contributed by atoms with E-state index in [9.17, 15) is 0 Å². The third kappa shape index (κ3) is 4.17. The highest BCUT2D eigenvalue weighted by Crippen LogP contribution is 2.23. The van der Waals surface area contributed by atoms with Crippen LogP contribution in [0.5, 0.6) is 0 Å². The number of nitrogens with one attached hydrogen (secondary N) is 1. The molecule has 0 amide bonds. The van der Waals surface area contributed by atoms with Crippen LogP contribution in [-0.2, 0) is 6.54 Å². The van der Waals surface area contributed by atoms with Crippen LogP contribution in [0, 0.1) is 13.8 Å². The van der Waals surface area contributed by atoms with Gasteiger partial charge in [0.25, 0.3) is 0 Å². The lowest BCUT2D eigenvalue weighted by Crippen LogP contribution is -2.47. The van der Waals surface area contributed by atoms with E-state index in [0.29, 0.717) is 0 Å². The van der Waals surface area contributed by atoms with Gasteiger partial charge in [0.2, 0.25) is 0 Å². The Bertz CT molecular complexity index is 450. The lowest BCUT2D eigenvalue weighted by atomic mass is 10.1. The van der Waals surface area contributed by atoms with E-state index in [4.69, 9.17) is 4.98 Å². The molecule has 0 aliphatic carbocycles. The van der Waals surface area contributed by atoms with Crippen molar-refractivity contribution in [3.05, 3.63) is 22.9 Å². The molecule has 4 nitrogen and oxygen atoms in total. The molecular formula is C17H30N4. The molecule has 0 saturated carbocycles. The van der Waals surface area contributed by atoms with Crippen LogP contribution in [-0.4, -0.2) is 49.2 Å². The topological polar surface area (TPSA) is 31.4 Å². The number of piperazine rings is 1. The molecule has 1 aliphatic heterocycles. The van der Waals surface area contributed by atoms with E-state index in [1.54, 1.807) is 0 Å². The highest BCUT2D eigenvalue weighted by atomic mass is 15.3. The molecule has 21 heavy (non-hydrogen) atoms. The zero-order valence-corrected chi connectivity index (χ0v) is 14.1. The summed E-state index contributed by atoms with van der Waals surface area (Å²) in [5.41, 5.74) is 3.85. The molecule has 1 aromatic heterocycles. The number of aryl methyl sites for hydroxylation is 2. The predicted octanol–water partition coefficient (Wildman–Crippen LogP) is 2.34. The van der Waals surface area contributed by atoms with Crippen molar-refractivity contribution in [2.75, 3.05) is 44.2 Å². The second kappa shape index (κ2) is 7.76. The highest BCUT2D eigenvalue weighted by molar-refractivity contribution is 5.52. The van der Waals surface area contributed by atoms with Gasteiger partial charge >= 0.3 is 0 Å². The van der Waals surface area contributed by atoms with Gasteiger partial charge in [0.1, 0.15) is 5.82 Å². The van der Waals surface area contributed by atoms with E-state index < -0.39 is 0 Å². The third-order valence-corrected chi connectivity index (χ3v) is 4.22. The number of hydrogen-bond acceptors (Lipinski definition) is 4. The first kappa shape index (κ1) is 16.2. The maximum atomic E-state index is 4.85. The molecule has 0 atom stereocenters. The van der Waals surface area contributed by atoms with Gasteiger partial charge in [-0.3, -0.25) is 4.90 Å². The van der Waals surface area contributed by atoms with E-state index in [2.05, 4.69) is 48.9 Å². The monoisotopic (exact) mass is 290 g/mol. The van der Waals surface area contributed by atoms with Crippen LogP contribution in [0.15, 0.2) is 6.07 Å². The van der Waals surface area contributed by atoms with Crippen molar-refractivity contribution in [2.24, 2.45) is 0 Å². The average molecular weight is 290 g/mol. The van der Waals surface area contributed by atoms with Crippen LogP contribution < -0.4 is 10.2 Å². The fourth-order valence-corrected chi connectivity index (χ4v) is 3.07. The number of anilines is 1. The van der Waals surface area contributed by atoms with Crippen molar-refractivity contribution in [1.82, 2.24) is 15.2 Å². The van der Waals surface area contributed by atoms with Crippen molar-refractivity contribution < 1.29 is 0 Å². The van der Waals surface area contributed by atoms with Crippen molar-refractivity contribution >= 4 is 5.82 Å². The zero-order valence-electron chi connectivity index (χ0n) is 14.1. The minimum atomic E-state index is 0.917. The molecular weight excluding hydrogens is 260 g/mol. The van der Waals surface area contributed by atoms with Crippen LogP contribution in [0.1, 0.15) is 37.1 Å². The summed E-state index contributed by atoms with van der Waals surface area (Å²) in [7, 11) is 0. The summed E-state index contributed by atoms with van der Waals surface area (Å²) in [5, 5.41) is 3.46. The Kier molecular flexibility index (Phi) is 6.00. The Hall–Kier alpha value is -1.13. The largest absolute Gasteiger partial charge is 0.354 e. The number of hydrogen-bond donors (Lipinski definition) is 1. The summed E-state index contributed by atoms with van der Waals surface area (Å²) < 4.78 is 0.